The maximum atomic E-state index is 5.54. The molecule has 21 heavy (non-hydrogen) atoms. The number of nitrogens with zero attached hydrogens (tertiary/aromatic N) is 3. The van der Waals surface area contributed by atoms with Crippen LogP contribution in [-0.4, -0.2) is 30.7 Å². The van der Waals surface area contributed by atoms with Gasteiger partial charge in [0, 0.05) is 19.3 Å². The Morgan fingerprint density at radius 1 is 1.29 bits per heavy atom. The molecule has 1 aliphatic heterocycles. The van der Waals surface area contributed by atoms with Gasteiger partial charge in [-0.05, 0) is 24.0 Å². The summed E-state index contributed by atoms with van der Waals surface area (Å²) in [5.74, 6) is 2.77. The molecule has 0 amide bonds. The minimum atomic E-state index is 0.567. The van der Waals surface area contributed by atoms with Crippen molar-refractivity contribution >= 4 is 17.3 Å². The number of rotatable bonds is 3. The maximum absolute atomic E-state index is 5.54. The molecule has 0 spiro atoms. The highest BCUT2D eigenvalue weighted by molar-refractivity contribution is 5.73. The van der Waals surface area contributed by atoms with Crippen molar-refractivity contribution in [1.29, 1.82) is 0 Å². The molecule has 1 aromatic carbocycles. The molecule has 2 aromatic rings. The van der Waals surface area contributed by atoms with Gasteiger partial charge in [-0.25, -0.2) is 9.97 Å². The van der Waals surface area contributed by atoms with Gasteiger partial charge in [0.2, 0.25) is 5.75 Å². The number of hydrogen-bond donors (Lipinski definition) is 1. The summed E-state index contributed by atoms with van der Waals surface area (Å²) in [5, 5.41) is 3.06. The third-order valence-corrected chi connectivity index (χ3v) is 3.83. The summed E-state index contributed by atoms with van der Waals surface area (Å²) in [4.78, 5) is 10.9. The average molecular weight is 284 g/mol. The van der Waals surface area contributed by atoms with Gasteiger partial charge in [-0.3, -0.25) is 0 Å². The van der Waals surface area contributed by atoms with Crippen LogP contribution < -0.4 is 15.0 Å². The SMILES string of the molecule is CNc1ncnc(N2CC(C)Cc3ccccc32)c1OC. The Kier molecular flexibility index (Phi) is 3.64. The van der Waals surface area contributed by atoms with Gasteiger partial charge in [0.15, 0.2) is 11.6 Å². The zero-order valence-electron chi connectivity index (χ0n) is 12.6. The van der Waals surface area contributed by atoms with E-state index in [9.17, 15) is 0 Å². The Balaban J connectivity index is 2.13. The van der Waals surface area contributed by atoms with E-state index in [0.29, 0.717) is 17.5 Å². The molecule has 1 atom stereocenters. The highest BCUT2D eigenvalue weighted by Gasteiger charge is 2.26. The van der Waals surface area contributed by atoms with Crippen LogP contribution >= 0.6 is 0 Å². The number of methoxy groups -OCH3 is 1. The number of aromatic nitrogens is 2. The summed E-state index contributed by atoms with van der Waals surface area (Å²) in [5.41, 5.74) is 2.55. The van der Waals surface area contributed by atoms with Gasteiger partial charge < -0.3 is 15.0 Å². The van der Waals surface area contributed by atoms with Crippen molar-refractivity contribution in [3.8, 4) is 5.75 Å². The molecule has 1 unspecified atom stereocenters. The molecule has 0 aliphatic carbocycles. The second kappa shape index (κ2) is 5.60. The van der Waals surface area contributed by atoms with Gasteiger partial charge in [0.1, 0.15) is 6.33 Å². The summed E-state index contributed by atoms with van der Waals surface area (Å²) >= 11 is 0. The van der Waals surface area contributed by atoms with Gasteiger partial charge in [-0.1, -0.05) is 25.1 Å². The van der Waals surface area contributed by atoms with Crippen molar-refractivity contribution in [2.45, 2.75) is 13.3 Å². The molecular formula is C16H20N4O. The average Bonchev–Trinajstić information content (AvgIpc) is 2.53. The van der Waals surface area contributed by atoms with Crippen molar-refractivity contribution < 1.29 is 4.74 Å². The third kappa shape index (κ3) is 2.39. The van der Waals surface area contributed by atoms with E-state index < -0.39 is 0 Å². The van der Waals surface area contributed by atoms with Gasteiger partial charge in [0.05, 0.1) is 7.11 Å². The predicted octanol–water partition coefficient (Wildman–Crippen LogP) is 2.86. The zero-order chi connectivity index (χ0) is 14.8. The summed E-state index contributed by atoms with van der Waals surface area (Å²) in [7, 11) is 3.49. The lowest BCUT2D eigenvalue weighted by Gasteiger charge is -2.34. The molecule has 3 rings (SSSR count). The fourth-order valence-corrected chi connectivity index (χ4v) is 2.92. The third-order valence-electron chi connectivity index (χ3n) is 3.83. The first kappa shape index (κ1) is 13.7. The normalized spacial score (nSPS) is 17.3. The molecule has 5 heteroatoms. The minimum Gasteiger partial charge on any atom is -0.490 e. The Bertz CT molecular complexity index is 644. The molecule has 0 saturated carbocycles. The van der Waals surface area contributed by atoms with Crippen LogP contribution in [0.3, 0.4) is 0 Å². The van der Waals surface area contributed by atoms with Gasteiger partial charge >= 0.3 is 0 Å². The topological polar surface area (TPSA) is 50.3 Å². The van der Waals surface area contributed by atoms with E-state index in [-0.39, 0.29) is 0 Å². The summed E-state index contributed by atoms with van der Waals surface area (Å²) in [6, 6.07) is 8.48. The Morgan fingerprint density at radius 3 is 2.86 bits per heavy atom. The number of fused-ring (bicyclic) bond motifs is 1. The molecule has 5 nitrogen and oxygen atoms in total. The lowest BCUT2D eigenvalue weighted by atomic mass is 9.94. The zero-order valence-corrected chi connectivity index (χ0v) is 12.6. The van der Waals surface area contributed by atoms with Crippen molar-refractivity contribution in [1.82, 2.24) is 9.97 Å². The first-order valence-corrected chi connectivity index (χ1v) is 7.16. The number of para-hydroxylation sites is 1. The molecule has 1 N–H and O–H groups in total. The Hall–Kier alpha value is -2.30. The van der Waals surface area contributed by atoms with Crippen LogP contribution in [0, 0.1) is 5.92 Å². The van der Waals surface area contributed by atoms with Crippen LogP contribution in [0.15, 0.2) is 30.6 Å². The molecule has 1 aromatic heterocycles. The molecular weight excluding hydrogens is 264 g/mol. The Morgan fingerprint density at radius 2 is 2.10 bits per heavy atom. The highest BCUT2D eigenvalue weighted by atomic mass is 16.5. The molecule has 0 saturated heterocycles. The fourth-order valence-electron chi connectivity index (χ4n) is 2.92. The molecule has 110 valence electrons. The Labute approximate surface area is 125 Å². The van der Waals surface area contributed by atoms with Crippen LogP contribution in [0.4, 0.5) is 17.3 Å². The fraction of sp³-hybridized carbons (Fsp3) is 0.375. The predicted molar refractivity (Wildman–Crippen MR) is 84.4 cm³/mol. The number of anilines is 3. The van der Waals surface area contributed by atoms with Crippen molar-refractivity contribution in [3.63, 3.8) is 0 Å². The smallest absolute Gasteiger partial charge is 0.204 e. The van der Waals surface area contributed by atoms with Crippen LogP contribution in [0.5, 0.6) is 5.75 Å². The molecule has 0 fully saturated rings. The second-order valence-electron chi connectivity index (χ2n) is 5.38. The monoisotopic (exact) mass is 284 g/mol. The highest BCUT2D eigenvalue weighted by Crippen LogP contribution is 2.40. The summed E-state index contributed by atoms with van der Waals surface area (Å²) < 4.78 is 5.54. The number of hydrogen-bond acceptors (Lipinski definition) is 5. The number of ether oxygens (including phenoxy) is 1. The van der Waals surface area contributed by atoms with Gasteiger partial charge in [-0.2, -0.15) is 0 Å². The lowest BCUT2D eigenvalue weighted by Crippen LogP contribution is -2.31. The number of benzene rings is 1. The van der Waals surface area contributed by atoms with E-state index in [4.69, 9.17) is 4.74 Å². The van der Waals surface area contributed by atoms with Gasteiger partial charge in [0.25, 0.3) is 0 Å². The molecule has 2 heterocycles. The molecule has 0 radical (unpaired) electrons. The van der Waals surface area contributed by atoms with Crippen LogP contribution in [0.2, 0.25) is 0 Å². The lowest BCUT2D eigenvalue weighted by molar-refractivity contribution is 0.412. The maximum Gasteiger partial charge on any atom is 0.204 e. The summed E-state index contributed by atoms with van der Waals surface area (Å²) in [6.07, 6.45) is 2.67. The van der Waals surface area contributed by atoms with E-state index in [1.54, 1.807) is 13.4 Å². The minimum absolute atomic E-state index is 0.567. The van der Waals surface area contributed by atoms with E-state index in [1.807, 2.05) is 7.05 Å². The second-order valence-corrected chi connectivity index (χ2v) is 5.38. The van der Waals surface area contributed by atoms with Crippen LogP contribution in [0.1, 0.15) is 12.5 Å². The molecule has 0 bridgehead atoms. The van der Waals surface area contributed by atoms with E-state index in [1.165, 1.54) is 11.3 Å². The standard InChI is InChI=1S/C16H20N4O/c1-11-8-12-6-4-5-7-13(12)20(9-11)16-14(21-3)15(17-2)18-10-19-16/h4-7,10-11H,8-9H2,1-3H3,(H,17,18,19). The van der Waals surface area contributed by atoms with Crippen molar-refractivity contribution in [3.05, 3.63) is 36.2 Å². The molecule has 1 aliphatic rings. The quantitative estimate of drug-likeness (QED) is 0.939. The van der Waals surface area contributed by atoms with Crippen LogP contribution in [0.25, 0.3) is 0 Å². The van der Waals surface area contributed by atoms with Crippen molar-refractivity contribution in [2.75, 3.05) is 30.9 Å². The number of nitrogens with one attached hydrogen (secondary N) is 1. The first-order chi connectivity index (χ1) is 10.2. The van der Waals surface area contributed by atoms with Gasteiger partial charge in [-0.15, -0.1) is 0 Å². The van der Waals surface area contributed by atoms with Crippen LogP contribution in [-0.2, 0) is 6.42 Å². The van der Waals surface area contributed by atoms with E-state index in [2.05, 4.69) is 51.4 Å². The summed E-state index contributed by atoms with van der Waals surface area (Å²) in [6.45, 7) is 3.18. The van der Waals surface area contributed by atoms with E-state index in [0.717, 1.165) is 18.8 Å². The first-order valence-electron chi connectivity index (χ1n) is 7.16. The van der Waals surface area contributed by atoms with E-state index >= 15 is 0 Å². The largest absolute Gasteiger partial charge is 0.490 e. The van der Waals surface area contributed by atoms with Crippen molar-refractivity contribution in [2.24, 2.45) is 5.92 Å².